The van der Waals surface area contributed by atoms with Gasteiger partial charge in [-0.1, -0.05) is 55.3 Å². The zero-order valence-corrected chi connectivity index (χ0v) is 15.5. The Bertz CT molecular complexity index is 904. The van der Waals surface area contributed by atoms with E-state index in [1.165, 1.54) is 24.2 Å². The molecule has 0 atom stereocenters. The highest BCUT2D eigenvalue weighted by molar-refractivity contribution is 7.17. The molecule has 0 spiro atoms. The molecule has 4 rings (SSSR count). The molecule has 2 heterocycles. The predicted molar refractivity (Wildman–Crippen MR) is 103 cm³/mol. The first-order valence-corrected chi connectivity index (χ1v) is 9.83. The summed E-state index contributed by atoms with van der Waals surface area (Å²) in [6.07, 6.45) is 4.67. The summed E-state index contributed by atoms with van der Waals surface area (Å²) >= 11 is 1.27. The lowest BCUT2D eigenvalue weighted by molar-refractivity contribution is 0.0702. The number of carboxylic acid groups (broad SMARTS) is 1. The lowest BCUT2D eigenvalue weighted by Crippen LogP contribution is -2.10. The highest BCUT2D eigenvalue weighted by Crippen LogP contribution is 2.40. The molecular formula is C21H21NO3S. The number of carbonyl (C=O) groups is 1. The van der Waals surface area contributed by atoms with E-state index < -0.39 is 5.97 Å². The molecule has 2 aromatic heterocycles. The van der Waals surface area contributed by atoms with Crippen molar-refractivity contribution in [2.24, 2.45) is 5.92 Å². The second kappa shape index (κ2) is 7.08. The van der Waals surface area contributed by atoms with Crippen LogP contribution >= 0.6 is 11.3 Å². The van der Waals surface area contributed by atoms with E-state index in [2.05, 4.69) is 12.1 Å². The second-order valence-electron chi connectivity index (χ2n) is 7.10. The normalized spacial score (nSPS) is 20.2. The first-order chi connectivity index (χ1) is 12.6. The molecule has 0 saturated heterocycles. The van der Waals surface area contributed by atoms with Crippen molar-refractivity contribution in [2.45, 2.75) is 38.5 Å². The molecule has 0 amide bonds. The van der Waals surface area contributed by atoms with Crippen LogP contribution in [0.2, 0.25) is 0 Å². The van der Waals surface area contributed by atoms with Gasteiger partial charge in [0, 0.05) is 22.4 Å². The van der Waals surface area contributed by atoms with Gasteiger partial charge in [-0.25, -0.2) is 4.79 Å². The van der Waals surface area contributed by atoms with E-state index in [1.54, 1.807) is 0 Å². The molecular weight excluding hydrogens is 346 g/mol. The van der Waals surface area contributed by atoms with Crippen LogP contribution in [0.15, 0.2) is 47.0 Å². The van der Waals surface area contributed by atoms with Crippen LogP contribution < -0.4 is 0 Å². The molecule has 1 saturated carbocycles. The molecule has 0 aliphatic heterocycles. The molecule has 1 aromatic carbocycles. The summed E-state index contributed by atoms with van der Waals surface area (Å²) in [5.41, 5.74) is 2.58. The Labute approximate surface area is 156 Å². The van der Waals surface area contributed by atoms with Gasteiger partial charge in [0.15, 0.2) is 5.76 Å². The van der Waals surface area contributed by atoms with E-state index in [9.17, 15) is 9.90 Å². The van der Waals surface area contributed by atoms with Crippen molar-refractivity contribution in [3.8, 4) is 21.8 Å². The van der Waals surface area contributed by atoms with Crippen LogP contribution in [0.25, 0.3) is 21.8 Å². The van der Waals surface area contributed by atoms with Crippen LogP contribution in [0.3, 0.4) is 0 Å². The number of carboxylic acids is 1. The van der Waals surface area contributed by atoms with Crippen molar-refractivity contribution in [1.82, 2.24) is 5.16 Å². The molecule has 0 bridgehead atoms. The number of hydrogen-bond donors (Lipinski definition) is 1. The molecule has 1 aliphatic carbocycles. The smallest absolute Gasteiger partial charge is 0.346 e. The fraction of sp³-hybridized carbons (Fsp3) is 0.333. The maximum absolute atomic E-state index is 11.7. The highest BCUT2D eigenvalue weighted by Gasteiger charge is 2.25. The number of benzene rings is 1. The highest BCUT2D eigenvalue weighted by atomic mass is 32.1. The monoisotopic (exact) mass is 367 g/mol. The van der Waals surface area contributed by atoms with E-state index in [0.29, 0.717) is 22.1 Å². The summed E-state index contributed by atoms with van der Waals surface area (Å²) in [6, 6.07) is 13.6. The van der Waals surface area contributed by atoms with Crippen LogP contribution in [0.1, 0.15) is 53.9 Å². The molecule has 0 unspecified atom stereocenters. The molecule has 1 aliphatic rings. The van der Waals surface area contributed by atoms with Crippen molar-refractivity contribution in [2.75, 3.05) is 0 Å². The van der Waals surface area contributed by atoms with E-state index in [0.717, 1.165) is 34.9 Å². The van der Waals surface area contributed by atoms with Crippen LogP contribution in [0.5, 0.6) is 0 Å². The van der Waals surface area contributed by atoms with Crippen LogP contribution in [0, 0.1) is 5.92 Å². The molecule has 1 fully saturated rings. The summed E-state index contributed by atoms with van der Waals surface area (Å²) in [5.74, 6) is 0.817. The fourth-order valence-corrected chi connectivity index (χ4v) is 4.65. The zero-order valence-electron chi connectivity index (χ0n) is 14.6. The SMILES string of the molecule is CC1CCC(c2cc(-c3cc(-c4ccccc4)sc3C(=O)O)on2)CC1. The lowest BCUT2D eigenvalue weighted by atomic mass is 9.81. The maximum Gasteiger partial charge on any atom is 0.346 e. The average molecular weight is 367 g/mol. The third-order valence-electron chi connectivity index (χ3n) is 5.21. The van der Waals surface area contributed by atoms with Gasteiger partial charge in [-0.15, -0.1) is 11.3 Å². The van der Waals surface area contributed by atoms with E-state index in [-0.39, 0.29) is 0 Å². The first kappa shape index (κ1) is 17.0. The quantitative estimate of drug-likeness (QED) is 0.608. The van der Waals surface area contributed by atoms with Crippen LogP contribution in [-0.4, -0.2) is 16.2 Å². The minimum absolute atomic E-state index is 0.295. The van der Waals surface area contributed by atoms with Crippen molar-refractivity contribution in [3.05, 3.63) is 53.0 Å². The summed E-state index contributed by atoms with van der Waals surface area (Å²) in [6.45, 7) is 2.29. The van der Waals surface area contributed by atoms with Gasteiger partial charge in [-0.3, -0.25) is 0 Å². The van der Waals surface area contributed by atoms with E-state index in [4.69, 9.17) is 4.52 Å². The fourth-order valence-electron chi connectivity index (χ4n) is 3.64. The van der Waals surface area contributed by atoms with Crippen molar-refractivity contribution >= 4 is 17.3 Å². The van der Waals surface area contributed by atoms with Gasteiger partial charge < -0.3 is 9.63 Å². The maximum atomic E-state index is 11.7. The predicted octanol–water partition coefficient (Wildman–Crippen LogP) is 6.06. The van der Waals surface area contributed by atoms with Crippen molar-refractivity contribution in [1.29, 1.82) is 0 Å². The summed E-state index contributed by atoms with van der Waals surface area (Å²) in [5, 5.41) is 13.9. The third kappa shape index (κ3) is 3.31. The lowest BCUT2D eigenvalue weighted by Gasteiger charge is -2.24. The van der Waals surface area contributed by atoms with Crippen LogP contribution in [-0.2, 0) is 0 Å². The van der Waals surface area contributed by atoms with Crippen molar-refractivity contribution in [3.63, 3.8) is 0 Å². The molecule has 26 heavy (non-hydrogen) atoms. The van der Waals surface area contributed by atoms with Gasteiger partial charge in [-0.05, 0) is 30.4 Å². The molecule has 0 radical (unpaired) electrons. The number of rotatable bonds is 4. The van der Waals surface area contributed by atoms with Gasteiger partial charge in [0.2, 0.25) is 0 Å². The summed E-state index contributed by atoms with van der Waals surface area (Å²) in [7, 11) is 0. The Balaban J connectivity index is 1.67. The van der Waals surface area contributed by atoms with Gasteiger partial charge in [0.1, 0.15) is 4.88 Å². The number of aromatic nitrogens is 1. The average Bonchev–Trinajstić information content (AvgIpc) is 3.30. The van der Waals surface area contributed by atoms with Crippen molar-refractivity contribution < 1.29 is 14.4 Å². The first-order valence-electron chi connectivity index (χ1n) is 9.01. The molecule has 134 valence electrons. The van der Waals surface area contributed by atoms with Crippen LogP contribution in [0.4, 0.5) is 0 Å². The number of hydrogen-bond acceptors (Lipinski definition) is 4. The number of nitrogens with zero attached hydrogens (tertiary/aromatic N) is 1. The Morgan fingerprint density at radius 3 is 2.58 bits per heavy atom. The van der Waals surface area contributed by atoms with E-state index >= 15 is 0 Å². The summed E-state index contributed by atoms with van der Waals surface area (Å²) < 4.78 is 5.56. The van der Waals surface area contributed by atoms with Gasteiger partial charge in [0.05, 0.1) is 5.69 Å². The Morgan fingerprint density at radius 2 is 1.88 bits per heavy atom. The van der Waals surface area contributed by atoms with Gasteiger partial charge in [-0.2, -0.15) is 0 Å². The molecule has 1 N–H and O–H groups in total. The number of thiophene rings is 1. The second-order valence-corrected chi connectivity index (χ2v) is 8.15. The number of aromatic carboxylic acids is 1. The molecule has 4 nitrogen and oxygen atoms in total. The largest absolute Gasteiger partial charge is 0.477 e. The molecule has 5 heteroatoms. The third-order valence-corrected chi connectivity index (χ3v) is 6.38. The Hall–Kier alpha value is -2.40. The minimum atomic E-state index is -0.934. The Kier molecular flexibility index (Phi) is 4.64. The molecule has 3 aromatic rings. The van der Waals surface area contributed by atoms with Gasteiger partial charge in [0.25, 0.3) is 0 Å². The van der Waals surface area contributed by atoms with E-state index in [1.807, 2.05) is 42.5 Å². The summed E-state index contributed by atoms with van der Waals surface area (Å²) in [4.78, 5) is 12.9. The zero-order chi connectivity index (χ0) is 18.1. The van der Waals surface area contributed by atoms with Gasteiger partial charge >= 0.3 is 5.97 Å². The topological polar surface area (TPSA) is 63.3 Å². The minimum Gasteiger partial charge on any atom is -0.477 e. The standard InChI is InChI=1S/C21H21NO3S/c1-13-7-9-14(10-8-13)17-12-18(25-22-17)16-11-19(26-20(16)21(23)24)15-5-3-2-4-6-15/h2-6,11-14H,7-10H2,1H3,(H,23,24). The Morgan fingerprint density at radius 1 is 1.15 bits per heavy atom.